The molecule has 0 spiro atoms. The molecule has 0 amide bonds. The van der Waals surface area contributed by atoms with E-state index in [1.165, 1.54) is 0 Å². The molecule has 2 heterocycles. The van der Waals surface area contributed by atoms with Crippen LogP contribution in [0.1, 0.15) is 11.1 Å². The number of hydrogen-bond acceptors (Lipinski definition) is 5. The predicted molar refractivity (Wildman–Crippen MR) is 54.2 cm³/mol. The molecule has 14 heavy (non-hydrogen) atoms. The molecular formula is C8H12N6. The highest BCUT2D eigenvalue weighted by Crippen LogP contribution is 2.18. The summed E-state index contributed by atoms with van der Waals surface area (Å²) in [5, 5.41) is 15.0. The number of rotatable bonds is 1. The minimum absolute atomic E-state index is 0.506. The normalized spacial score (nSPS) is 10.8. The lowest BCUT2D eigenvalue weighted by Crippen LogP contribution is -2.06. The fraction of sp³-hybridized carbons (Fsp3) is 0.375. The molecule has 0 aliphatic heterocycles. The van der Waals surface area contributed by atoms with E-state index in [2.05, 4.69) is 20.6 Å². The Labute approximate surface area is 81.1 Å². The summed E-state index contributed by atoms with van der Waals surface area (Å²) in [6.45, 7) is 3.88. The fourth-order valence-corrected chi connectivity index (χ4v) is 1.31. The maximum Gasteiger partial charge on any atom is 0.245 e. The first-order valence-electron chi connectivity index (χ1n) is 4.31. The van der Waals surface area contributed by atoms with Crippen molar-refractivity contribution in [1.29, 1.82) is 0 Å². The molecule has 0 aliphatic carbocycles. The van der Waals surface area contributed by atoms with Crippen LogP contribution in [0.4, 0.5) is 11.8 Å². The Kier molecular flexibility index (Phi) is 1.77. The van der Waals surface area contributed by atoms with E-state index in [0.29, 0.717) is 11.8 Å². The van der Waals surface area contributed by atoms with Crippen molar-refractivity contribution in [3.63, 3.8) is 0 Å². The van der Waals surface area contributed by atoms with Crippen LogP contribution >= 0.6 is 0 Å². The van der Waals surface area contributed by atoms with Crippen molar-refractivity contribution < 1.29 is 0 Å². The van der Waals surface area contributed by atoms with Crippen LogP contribution in [0.25, 0.3) is 5.65 Å². The highest BCUT2D eigenvalue weighted by atomic mass is 15.4. The van der Waals surface area contributed by atoms with Gasteiger partial charge < -0.3 is 11.1 Å². The number of nitrogens with zero attached hydrogens (tertiary/aromatic N) is 4. The lowest BCUT2D eigenvalue weighted by atomic mass is 10.2. The number of nitrogens with two attached hydrogens (primary N) is 1. The van der Waals surface area contributed by atoms with Crippen LogP contribution < -0.4 is 11.1 Å². The van der Waals surface area contributed by atoms with E-state index in [0.717, 1.165) is 16.8 Å². The second kappa shape index (κ2) is 2.83. The number of nitrogen functional groups attached to an aromatic ring is 1. The molecule has 0 fully saturated rings. The summed E-state index contributed by atoms with van der Waals surface area (Å²) in [7, 11) is 1.77. The molecule has 0 atom stereocenters. The van der Waals surface area contributed by atoms with E-state index in [9.17, 15) is 0 Å². The highest BCUT2D eigenvalue weighted by molar-refractivity contribution is 5.58. The van der Waals surface area contributed by atoms with Crippen LogP contribution in [-0.4, -0.2) is 26.9 Å². The summed E-state index contributed by atoms with van der Waals surface area (Å²) in [4.78, 5) is 0. The Morgan fingerprint density at radius 3 is 2.57 bits per heavy atom. The molecule has 6 heteroatoms. The van der Waals surface area contributed by atoms with Crippen LogP contribution in [-0.2, 0) is 0 Å². The van der Waals surface area contributed by atoms with E-state index in [4.69, 9.17) is 5.73 Å². The third kappa shape index (κ3) is 1.00. The summed E-state index contributed by atoms with van der Waals surface area (Å²) in [5.41, 5.74) is 8.45. The fourth-order valence-electron chi connectivity index (χ4n) is 1.31. The molecule has 2 aromatic rings. The molecule has 0 radical (unpaired) electrons. The van der Waals surface area contributed by atoms with Gasteiger partial charge in [-0.1, -0.05) is 0 Å². The molecule has 6 nitrogen and oxygen atoms in total. The molecule has 0 bridgehead atoms. The van der Waals surface area contributed by atoms with E-state index in [1.807, 2.05) is 13.8 Å². The first kappa shape index (κ1) is 8.74. The average molecular weight is 192 g/mol. The maximum atomic E-state index is 5.75. The zero-order chi connectivity index (χ0) is 10.3. The Hall–Kier alpha value is -1.85. The van der Waals surface area contributed by atoms with Crippen LogP contribution in [0.2, 0.25) is 0 Å². The van der Waals surface area contributed by atoms with Crippen molar-refractivity contribution >= 4 is 17.4 Å². The van der Waals surface area contributed by atoms with Crippen LogP contribution in [0.15, 0.2) is 0 Å². The molecule has 3 N–H and O–H groups in total. The second-order valence-electron chi connectivity index (χ2n) is 3.14. The largest absolute Gasteiger partial charge is 0.382 e. The molecule has 0 saturated heterocycles. The molecule has 2 rings (SSSR count). The van der Waals surface area contributed by atoms with Gasteiger partial charge in [-0.05, 0) is 19.4 Å². The summed E-state index contributed by atoms with van der Waals surface area (Å²) < 4.78 is 1.61. The summed E-state index contributed by atoms with van der Waals surface area (Å²) >= 11 is 0. The Morgan fingerprint density at radius 2 is 1.93 bits per heavy atom. The maximum absolute atomic E-state index is 5.75. The van der Waals surface area contributed by atoms with Gasteiger partial charge in [0.15, 0.2) is 5.65 Å². The van der Waals surface area contributed by atoms with Crippen molar-refractivity contribution in [3.8, 4) is 0 Å². The molecule has 0 saturated carbocycles. The minimum atomic E-state index is 0.506. The first-order valence-corrected chi connectivity index (χ1v) is 4.31. The van der Waals surface area contributed by atoms with Crippen LogP contribution in [0, 0.1) is 13.8 Å². The van der Waals surface area contributed by atoms with Gasteiger partial charge in [-0.15, -0.1) is 15.3 Å². The Bertz CT molecular complexity index is 486. The quantitative estimate of drug-likeness (QED) is 0.682. The average Bonchev–Trinajstić information content (AvgIpc) is 2.57. The zero-order valence-electron chi connectivity index (χ0n) is 8.37. The van der Waals surface area contributed by atoms with Gasteiger partial charge in [-0.2, -0.15) is 4.52 Å². The van der Waals surface area contributed by atoms with E-state index < -0.39 is 0 Å². The van der Waals surface area contributed by atoms with Gasteiger partial charge in [0.25, 0.3) is 0 Å². The van der Waals surface area contributed by atoms with Gasteiger partial charge in [0.05, 0.1) is 0 Å². The SMILES string of the molecule is CNc1nnc2c(C)c(C)c(N)nn12. The standard InChI is InChI=1S/C8H12N6/c1-4-5(2)7-11-12-8(10-3)14(7)13-6(4)9/h1-3H3,(H2,9,13)(H,10,12). The van der Waals surface area contributed by atoms with Gasteiger partial charge in [-0.3, -0.25) is 0 Å². The van der Waals surface area contributed by atoms with Crippen LogP contribution in [0.5, 0.6) is 0 Å². The molecular weight excluding hydrogens is 180 g/mol. The number of aromatic nitrogens is 4. The number of anilines is 2. The van der Waals surface area contributed by atoms with E-state index in [1.54, 1.807) is 11.6 Å². The van der Waals surface area contributed by atoms with Crippen LogP contribution in [0.3, 0.4) is 0 Å². The lowest BCUT2D eigenvalue weighted by molar-refractivity contribution is 0.925. The molecule has 0 aliphatic rings. The van der Waals surface area contributed by atoms with Gasteiger partial charge in [-0.25, -0.2) is 0 Å². The smallest absolute Gasteiger partial charge is 0.245 e. The number of hydrogen-bond donors (Lipinski definition) is 2. The summed E-state index contributed by atoms with van der Waals surface area (Å²) in [5.74, 6) is 1.10. The van der Waals surface area contributed by atoms with E-state index in [-0.39, 0.29) is 0 Å². The van der Waals surface area contributed by atoms with Gasteiger partial charge >= 0.3 is 0 Å². The van der Waals surface area contributed by atoms with E-state index >= 15 is 0 Å². The minimum Gasteiger partial charge on any atom is -0.382 e. The first-order chi connectivity index (χ1) is 6.65. The second-order valence-corrected chi connectivity index (χ2v) is 3.14. The number of aryl methyl sites for hydroxylation is 1. The van der Waals surface area contributed by atoms with Crippen molar-refractivity contribution in [2.75, 3.05) is 18.1 Å². The topological polar surface area (TPSA) is 81.1 Å². The van der Waals surface area contributed by atoms with Crippen molar-refractivity contribution in [3.05, 3.63) is 11.1 Å². The predicted octanol–water partition coefficient (Wildman–Crippen LogP) is 0.365. The van der Waals surface area contributed by atoms with Gasteiger partial charge in [0, 0.05) is 12.6 Å². The molecule has 2 aromatic heterocycles. The Balaban J connectivity index is 2.86. The van der Waals surface area contributed by atoms with Gasteiger partial charge in [0.1, 0.15) is 5.82 Å². The number of nitrogens with one attached hydrogen (secondary N) is 1. The van der Waals surface area contributed by atoms with Crippen molar-refractivity contribution in [1.82, 2.24) is 19.8 Å². The zero-order valence-corrected chi connectivity index (χ0v) is 8.37. The van der Waals surface area contributed by atoms with Crippen molar-refractivity contribution in [2.24, 2.45) is 0 Å². The molecule has 74 valence electrons. The van der Waals surface area contributed by atoms with Crippen molar-refractivity contribution in [2.45, 2.75) is 13.8 Å². The third-order valence-electron chi connectivity index (χ3n) is 2.35. The highest BCUT2D eigenvalue weighted by Gasteiger charge is 2.11. The monoisotopic (exact) mass is 192 g/mol. The van der Waals surface area contributed by atoms with Gasteiger partial charge in [0.2, 0.25) is 5.95 Å². The lowest BCUT2D eigenvalue weighted by Gasteiger charge is -2.05. The molecule has 0 unspecified atom stereocenters. The molecule has 0 aromatic carbocycles. The number of fused-ring (bicyclic) bond motifs is 1. The Morgan fingerprint density at radius 1 is 1.21 bits per heavy atom. The summed E-state index contributed by atoms with van der Waals surface area (Å²) in [6, 6.07) is 0. The third-order valence-corrected chi connectivity index (χ3v) is 2.35. The summed E-state index contributed by atoms with van der Waals surface area (Å²) in [6.07, 6.45) is 0.